The van der Waals surface area contributed by atoms with E-state index in [0.29, 0.717) is 12.6 Å². The molecule has 1 saturated carbocycles. The SMILES string of the molecule is Cc1cc(OCC(C)(O)CNC2CC2)cc(C)c1Cl. The quantitative estimate of drug-likeness (QED) is 0.843. The Labute approximate surface area is 119 Å². The number of benzene rings is 1. The number of ether oxygens (including phenoxy) is 1. The van der Waals surface area contributed by atoms with Crippen LogP contribution >= 0.6 is 11.6 Å². The molecule has 2 rings (SSSR count). The highest BCUT2D eigenvalue weighted by Crippen LogP contribution is 2.26. The molecule has 0 saturated heterocycles. The lowest BCUT2D eigenvalue weighted by Gasteiger charge is -2.24. The topological polar surface area (TPSA) is 41.5 Å². The maximum absolute atomic E-state index is 10.2. The summed E-state index contributed by atoms with van der Waals surface area (Å²) in [4.78, 5) is 0. The molecule has 0 aliphatic heterocycles. The van der Waals surface area contributed by atoms with Gasteiger partial charge < -0.3 is 15.2 Å². The number of halogens is 1. The second-order valence-corrected chi connectivity index (χ2v) is 6.19. The second kappa shape index (κ2) is 5.70. The van der Waals surface area contributed by atoms with E-state index < -0.39 is 5.60 Å². The van der Waals surface area contributed by atoms with Crippen LogP contribution in [0.1, 0.15) is 30.9 Å². The number of aryl methyl sites for hydroxylation is 2. The molecule has 1 aliphatic carbocycles. The van der Waals surface area contributed by atoms with Gasteiger partial charge in [0.15, 0.2) is 0 Å². The summed E-state index contributed by atoms with van der Waals surface area (Å²) in [6.45, 7) is 6.53. The van der Waals surface area contributed by atoms with Gasteiger partial charge in [0.2, 0.25) is 0 Å². The third-order valence-electron chi connectivity index (χ3n) is 3.31. The zero-order valence-corrected chi connectivity index (χ0v) is 12.5. The zero-order chi connectivity index (χ0) is 14.0. The van der Waals surface area contributed by atoms with Gasteiger partial charge in [-0.25, -0.2) is 0 Å². The normalized spacial score (nSPS) is 18.2. The molecule has 1 atom stereocenters. The van der Waals surface area contributed by atoms with E-state index in [1.54, 1.807) is 6.92 Å². The molecule has 0 radical (unpaired) electrons. The molecular formula is C15H22ClNO2. The standard InChI is InChI=1S/C15H22ClNO2/c1-10-6-13(7-11(2)14(10)16)19-9-15(3,18)8-17-12-4-5-12/h6-7,12,17-18H,4-5,8-9H2,1-3H3. The summed E-state index contributed by atoms with van der Waals surface area (Å²) in [6, 6.07) is 4.39. The van der Waals surface area contributed by atoms with Crippen molar-refractivity contribution in [1.82, 2.24) is 5.32 Å². The van der Waals surface area contributed by atoms with Gasteiger partial charge in [-0.15, -0.1) is 0 Å². The van der Waals surface area contributed by atoms with Crippen molar-refractivity contribution in [3.8, 4) is 5.75 Å². The Morgan fingerprint density at radius 1 is 1.37 bits per heavy atom. The molecule has 106 valence electrons. The summed E-state index contributed by atoms with van der Waals surface area (Å²) in [5.41, 5.74) is 1.13. The van der Waals surface area contributed by atoms with Gasteiger partial charge in [0.25, 0.3) is 0 Å². The summed E-state index contributed by atoms with van der Waals surface area (Å²) in [5.74, 6) is 0.756. The van der Waals surface area contributed by atoms with Crippen molar-refractivity contribution >= 4 is 11.6 Å². The van der Waals surface area contributed by atoms with Crippen LogP contribution in [0.25, 0.3) is 0 Å². The molecule has 1 aliphatic rings. The van der Waals surface area contributed by atoms with Crippen LogP contribution in [0.2, 0.25) is 5.02 Å². The van der Waals surface area contributed by atoms with Crippen molar-refractivity contribution in [1.29, 1.82) is 0 Å². The fourth-order valence-electron chi connectivity index (χ4n) is 1.93. The number of nitrogens with one attached hydrogen (secondary N) is 1. The number of aliphatic hydroxyl groups is 1. The minimum absolute atomic E-state index is 0.271. The molecule has 1 fully saturated rings. The summed E-state index contributed by atoms with van der Waals surface area (Å²) >= 11 is 6.12. The van der Waals surface area contributed by atoms with E-state index in [2.05, 4.69) is 5.32 Å². The van der Waals surface area contributed by atoms with Crippen molar-refractivity contribution in [2.75, 3.05) is 13.2 Å². The lowest BCUT2D eigenvalue weighted by Crippen LogP contribution is -2.43. The fourth-order valence-corrected chi connectivity index (χ4v) is 2.04. The number of hydrogen-bond donors (Lipinski definition) is 2. The predicted molar refractivity (Wildman–Crippen MR) is 78.1 cm³/mol. The van der Waals surface area contributed by atoms with E-state index >= 15 is 0 Å². The first-order valence-electron chi connectivity index (χ1n) is 6.73. The molecule has 1 aromatic rings. The number of rotatable bonds is 6. The first kappa shape index (κ1) is 14.6. The second-order valence-electron chi connectivity index (χ2n) is 5.81. The van der Waals surface area contributed by atoms with Gasteiger partial charge in [-0.3, -0.25) is 0 Å². The van der Waals surface area contributed by atoms with Gasteiger partial charge in [-0.2, -0.15) is 0 Å². The smallest absolute Gasteiger partial charge is 0.120 e. The van der Waals surface area contributed by atoms with Gasteiger partial charge in [0.1, 0.15) is 18.0 Å². The van der Waals surface area contributed by atoms with E-state index in [1.165, 1.54) is 12.8 Å². The van der Waals surface area contributed by atoms with Crippen molar-refractivity contribution in [3.05, 3.63) is 28.3 Å². The first-order valence-corrected chi connectivity index (χ1v) is 7.10. The van der Waals surface area contributed by atoms with Gasteiger partial charge in [-0.05, 0) is 56.9 Å². The minimum Gasteiger partial charge on any atom is -0.491 e. The molecule has 0 bridgehead atoms. The molecule has 0 aromatic heterocycles. The van der Waals surface area contributed by atoms with Crippen molar-refractivity contribution < 1.29 is 9.84 Å². The van der Waals surface area contributed by atoms with E-state index in [9.17, 15) is 5.11 Å². The van der Waals surface area contributed by atoms with Crippen molar-refractivity contribution in [3.63, 3.8) is 0 Å². The maximum Gasteiger partial charge on any atom is 0.120 e. The van der Waals surface area contributed by atoms with E-state index in [1.807, 2.05) is 26.0 Å². The van der Waals surface area contributed by atoms with Gasteiger partial charge >= 0.3 is 0 Å². The van der Waals surface area contributed by atoms with E-state index in [0.717, 1.165) is 21.9 Å². The Balaban J connectivity index is 1.89. The molecular weight excluding hydrogens is 262 g/mol. The lowest BCUT2D eigenvalue weighted by atomic mass is 10.1. The molecule has 0 spiro atoms. The van der Waals surface area contributed by atoms with Crippen LogP contribution in [-0.4, -0.2) is 29.9 Å². The van der Waals surface area contributed by atoms with Crippen LogP contribution in [0.3, 0.4) is 0 Å². The summed E-state index contributed by atoms with van der Waals surface area (Å²) < 4.78 is 5.69. The monoisotopic (exact) mass is 283 g/mol. The summed E-state index contributed by atoms with van der Waals surface area (Å²) in [6.07, 6.45) is 2.43. The molecule has 4 heteroatoms. The lowest BCUT2D eigenvalue weighted by molar-refractivity contribution is 0.0120. The van der Waals surface area contributed by atoms with Crippen molar-refractivity contribution in [2.24, 2.45) is 0 Å². The Morgan fingerprint density at radius 3 is 2.47 bits per heavy atom. The Hall–Kier alpha value is -0.770. The van der Waals surface area contributed by atoms with Gasteiger partial charge in [0.05, 0.1) is 0 Å². The van der Waals surface area contributed by atoms with E-state index in [-0.39, 0.29) is 6.61 Å². The van der Waals surface area contributed by atoms with Crippen LogP contribution < -0.4 is 10.1 Å². The van der Waals surface area contributed by atoms with Crippen LogP contribution in [0.5, 0.6) is 5.75 Å². The number of hydrogen-bond acceptors (Lipinski definition) is 3. The molecule has 1 unspecified atom stereocenters. The van der Waals surface area contributed by atoms with Gasteiger partial charge in [-0.1, -0.05) is 11.6 Å². The van der Waals surface area contributed by atoms with E-state index in [4.69, 9.17) is 16.3 Å². The Kier molecular flexibility index (Phi) is 4.39. The van der Waals surface area contributed by atoms with Crippen LogP contribution in [0, 0.1) is 13.8 Å². The average molecular weight is 284 g/mol. The summed E-state index contributed by atoms with van der Waals surface area (Å²) in [5, 5.41) is 14.3. The highest BCUT2D eigenvalue weighted by atomic mass is 35.5. The third-order valence-corrected chi connectivity index (χ3v) is 3.90. The zero-order valence-electron chi connectivity index (χ0n) is 11.8. The fraction of sp³-hybridized carbons (Fsp3) is 0.600. The first-order chi connectivity index (χ1) is 8.87. The average Bonchev–Trinajstić information content (AvgIpc) is 3.15. The predicted octanol–water partition coefficient (Wildman–Crippen LogP) is 2.84. The van der Waals surface area contributed by atoms with Crippen LogP contribution in [0.15, 0.2) is 12.1 Å². The third kappa shape index (κ3) is 4.37. The van der Waals surface area contributed by atoms with Gasteiger partial charge in [0, 0.05) is 17.6 Å². The Bertz CT molecular complexity index is 432. The van der Waals surface area contributed by atoms with Crippen molar-refractivity contribution in [2.45, 2.75) is 45.3 Å². The maximum atomic E-state index is 10.2. The van der Waals surface area contributed by atoms with Crippen LogP contribution in [0.4, 0.5) is 0 Å². The highest BCUT2D eigenvalue weighted by molar-refractivity contribution is 6.32. The van der Waals surface area contributed by atoms with Crippen LogP contribution in [-0.2, 0) is 0 Å². The molecule has 1 aromatic carbocycles. The molecule has 19 heavy (non-hydrogen) atoms. The molecule has 2 N–H and O–H groups in total. The molecule has 0 amide bonds. The Morgan fingerprint density at radius 2 is 1.95 bits per heavy atom. The molecule has 0 heterocycles. The molecule has 3 nitrogen and oxygen atoms in total. The highest BCUT2D eigenvalue weighted by Gasteiger charge is 2.27. The largest absolute Gasteiger partial charge is 0.491 e. The summed E-state index contributed by atoms with van der Waals surface area (Å²) in [7, 11) is 0. The minimum atomic E-state index is -0.857.